The summed E-state index contributed by atoms with van der Waals surface area (Å²) >= 11 is 2.09. The lowest BCUT2D eigenvalue weighted by Gasteiger charge is -2.28. The van der Waals surface area contributed by atoms with Crippen molar-refractivity contribution in [1.82, 2.24) is 5.32 Å². The molecular formula is C10H21NS. The Morgan fingerprint density at radius 1 is 1.17 bits per heavy atom. The lowest BCUT2D eigenvalue weighted by atomic mass is 10.0. The third-order valence-electron chi connectivity index (χ3n) is 2.72. The van der Waals surface area contributed by atoms with Crippen molar-refractivity contribution < 1.29 is 0 Å². The zero-order valence-corrected chi connectivity index (χ0v) is 9.29. The molecule has 2 heteroatoms. The van der Waals surface area contributed by atoms with Crippen LogP contribution in [0.1, 0.15) is 33.6 Å². The van der Waals surface area contributed by atoms with E-state index in [9.17, 15) is 0 Å². The van der Waals surface area contributed by atoms with Crippen LogP contribution in [0.4, 0.5) is 0 Å². The van der Waals surface area contributed by atoms with Gasteiger partial charge in [0.05, 0.1) is 0 Å². The standard InChI is InChI=1S/C10H21NS/c1-8(2)9(3)11-10-4-6-12-7-5-10/h8-11H,4-7H2,1-3H3/t9-/m1/s1. The minimum atomic E-state index is 0.679. The van der Waals surface area contributed by atoms with Crippen molar-refractivity contribution >= 4 is 11.8 Å². The minimum absolute atomic E-state index is 0.679. The molecular weight excluding hydrogens is 166 g/mol. The Morgan fingerprint density at radius 2 is 1.75 bits per heavy atom. The zero-order chi connectivity index (χ0) is 8.97. The summed E-state index contributed by atoms with van der Waals surface area (Å²) in [5.41, 5.74) is 0. The lowest BCUT2D eigenvalue weighted by Crippen LogP contribution is -2.41. The third-order valence-corrected chi connectivity index (χ3v) is 3.77. The van der Waals surface area contributed by atoms with E-state index in [1.807, 2.05) is 0 Å². The summed E-state index contributed by atoms with van der Waals surface area (Å²) in [4.78, 5) is 0. The van der Waals surface area contributed by atoms with Crippen molar-refractivity contribution in [1.29, 1.82) is 0 Å². The van der Waals surface area contributed by atoms with Crippen molar-refractivity contribution in [2.75, 3.05) is 11.5 Å². The molecule has 1 N–H and O–H groups in total. The van der Waals surface area contributed by atoms with E-state index in [2.05, 4.69) is 37.8 Å². The molecule has 0 aliphatic carbocycles. The number of rotatable bonds is 3. The van der Waals surface area contributed by atoms with Gasteiger partial charge in [0, 0.05) is 12.1 Å². The molecule has 1 nitrogen and oxygen atoms in total. The summed E-state index contributed by atoms with van der Waals surface area (Å²) in [5.74, 6) is 3.46. The van der Waals surface area contributed by atoms with Gasteiger partial charge in [0.2, 0.25) is 0 Å². The number of nitrogens with one attached hydrogen (secondary N) is 1. The molecule has 1 saturated heterocycles. The molecule has 0 aromatic rings. The minimum Gasteiger partial charge on any atom is -0.311 e. The third kappa shape index (κ3) is 3.36. The molecule has 0 bridgehead atoms. The van der Waals surface area contributed by atoms with E-state index < -0.39 is 0 Å². The summed E-state index contributed by atoms with van der Waals surface area (Å²) in [5, 5.41) is 3.70. The molecule has 0 unspecified atom stereocenters. The first-order valence-electron chi connectivity index (χ1n) is 5.04. The van der Waals surface area contributed by atoms with Crippen molar-refractivity contribution in [3.8, 4) is 0 Å². The second-order valence-electron chi connectivity index (χ2n) is 4.09. The number of hydrogen-bond donors (Lipinski definition) is 1. The van der Waals surface area contributed by atoms with Gasteiger partial charge >= 0.3 is 0 Å². The summed E-state index contributed by atoms with van der Waals surface area (Å²) in [7, 11) is 0. The number of hydrogen-bond acceptors (Lipinski definition) is 2. The van der Waals surface area contributed by atoms with Gasteiger partial charge in [-0.25, -0.2) is 0 Å². The first-order chi connectivity index (χ1) is 5.70. The summed E-state index contributed by atoms with van der Waals surface area (Å²) in [6.07, 6.45) is 2.73. The molecule has 12 heavy (non-hydrogen) atoms. The Kier molecular flexibility index (Phi) is 4.44. The molecule has 0 saturated carbocycles. The van der Waals surface area contributed by atoms with Gasteiger partial charge in [-0.05, 0) is 37.2 Å². The van der Waals surface area contributed by atoms with Crippen LogP contribution in [0.2, 0.25) is 0 Å². The van der Waals surface area contributed by atoms with Crippen LogP contribution in [0.15, 0.2) is 0 Å². The quantitative estimate of drug-likeness (QED) is 0.728. The maximum absolute atomic E-state index is 3.70. The van der Waals surface area contributed by atoms with E-state index in [1.54, 1.807) is 0 Å². The van der Waals surface area contributed by atoms with Gasteiger partial charge in [0.25, 0.3) is 0 Å². The van der Waals surface area contributed by atoms with Crippen molar-refractivity contribution in [3.63, 3.8) is 0 Å². The molecule has 72 valence electrons. The molecule has 0 amide bonds. The van der Waals surface area contributed by atoms with Crippen LogP contribution >= 0.6 is 11.8 Å². The van der Waals surface area contributed by atoms with Gasteiger partial charge in [-0.3, -0.25) is 0 Å². The van der Waals surface area contributed by atoms with Crippen LogP contribution in [-0.2, 0) is 0 Å². The Morgan fingerprint density at radius 3 is 2.25 bits per heavy atom. The molecule has 0 radical (unpaired) electrons. The molecule has 1 heterocycles. The highest BCUT2D eigenvalue weighted by molar-refractivity contribution is 7.99. The van der Waals surface area contributed by atoms with Crippen molar-refractivity contribution in [2.24, 2.45) is 5.92 Å². The Hall–Kier alpha value is 0.310. The van der Waals surface area contributed by atoms with Crippen molar-refractivity contribution in [2.45, 2.75) is 45.7 Å². The van der Waals surface area contributed by atoms with Gasteiger partial charge < -0.3 is 5.32 Å². The van der Waals surface area contributed by atoms with Crippen LogP contribution in [0.25, 0.3) is 0 Å². The van der Waals surface area contributed by atoms with Crippen molar-refractivity contribution in [3.05, 3.63) is 0 Å². The van der Waals surface area contributed by atoms with E-state index in [1.165, 1.54) is 24.3 Å². The summed E-state index contributed by atoms with van der Waals surface area (Å²) in [6.45, 7) is 6.87. The van der Waals surface area contributed by atoms with E-state index in [0.29, 0.717) is 6.04 Å². The fourth-order valence-electron chi connectivity index (χ4n) is 1.43. The Balaban J connectivity index is 2.20. The lowest BCUT2D eigenvalue weighted by molar-refractivity contribution is 0.358. The largest absolute Gasteiger partial charge is 0.311 e. The molecule has 1 aliphatic heterocycles. The highest BCUT2D eigenvalue weighted by Crippen LogP contribution is 2.18. The average molecular weight is 187 g/mol. The normalized spacial score (nSPS) is 23.0. The molecule has 0 spiro atoms. The smallest absolute Gasteiger partial charge is 0.00853 e. The second kappa shape index (κ2) is 5.13. The van der Waals surface area contributed by atoms with E-state index >= 15 is 0 Å². The predicted molar refractivity (Wildman–Crippen MR) is 57.8 cm³/mol. The van der Waals surface area contributed by atoms with Crippen LogP contribution in [0.3, 0.4) is 0 Å². The van der Waals surface area contributed by atoms with Gasteiger partial charge in [0.15, 0.2) is 0 Å². The van der Waals surface area contributed by atoms with E-state index in [4.69, 9.17) is 0 Å². The first-order valence-corrected chi connectivity index (χ1v) is 6.19. The average Bonchev–Trinajstić information content (AvgIpc) is 2.06. The predicted octanol–water partition coefficient (Wildman–Crippen LogP) is 2.52. The first kappa shape index (κ1) is 10.4. The van der Waals surface area contributed by atoms with Gasteiger partial charge in [-0.1, -0.05) is 13.8 Å². The fraction of sp³-hybridized carbons (Fsp3) is 1.00. The summed E-state index contributed by atoms with van der Waals surface area (Å²) < 4.78 is 0. The summed E-state index contributed by atoms with van der Waals surface area (Å²) in [6, 6.07) is 1.47. The Bertz CT molecular complexity index is 119. The van der Waals surface area contributed by atoms with E-state index in [-0.39, 0.29) is 0 Å². The van der Waals surface area contributed by atoms with Crippen LogP contribution < -0.4 is 5.32 Å². The maximum atomic E-state index is 3.70. The monoisotopic (exact) mass is 187 g/mol. The van der Waals surface area contributed by atoms with Crippen LogP contribution in [0.5, 0.6) is 0 Å². The highest BCUT2D eigenvalue weighted by Gasteiger charge is 2.16. The topological polar surface area (TPSA) is 12.0 Å². The van der Waals surface area contributed by atoms with Crippen LogP contribution in [0, 0.1) is 5.92 Å². The molecule has 0 aromatic carbocycles. The van der Waals surface area contributed by atoms with Gasteiger partial charge in [0.1, 0.15) is 0 Å². The molecule has 1 fully saturated rings. The Labute approximate surface area is 80.7 Å². The molecule has 1 rings (SSSR count). The number of thioether (sulfide) groups is 1. The fourth-order valence-corrected chi connectivity index (χ4v) is 2.53. The second-order valence-corrected chi connectivity index (χ2v) is 5.31. The van der Waals surface area contributed by atoms with Gasteiger partial charge in [-0.2, -0.15) is 11.8 Å². The highest BCUT2D eigenvalue weighted by atomic mass is 32.2. The SMILES string of the molecule is CC(C)[C@@H](C)NC1CCSCC1. The van der Waals surface area contributed by atoms with Gasteiger partial charge in [-0.15, -0.1) is 0 Å². The zero-order valence-electron chi connectivity index (χ0n) is 8.47. The molecule has 1 atom stereocenters. The molecule has 0 aromatic heterocycles. The van der Waals surface area contributed by atoms with E-state index in [0.717, 1.165) is 12.0 Å². The maximum Gasteiger partial charge on any atom is 0.00853 e. The molecule has 1 aliphatic rings. The van der Waals surface area contributed by atoms with Crippen LogP contribution in [-0.4, -0.2) is 23.6 Å².